The summed E-state index contributed by atoms with van der Waals surface area (Å²) in [5, 5.41) is 8.92. The van der Waals surface area contributed by atoms with Crippen LogP contribution in [0.15, 0.2) is 6.20 Å². The third-order valence-electron chi connectivity index (χ3n) is 2.35. The first kappa shape index (κ1) is 8.97. The lowest BCUT2D eigenvalue weighted by atomic mass is 10.0. The Bertz CT molecular complexity index is 346. The summed E-state index contributed by atoms with van der Waals surface area (Å²) in [6, 6.07) is 0. The number of carbonyl (C=O) groups is 1. The topological polar surface area (TPSA) is 50.2 Å². The van der Waals surface area contributed by atoms with Crippen molar-refractivity contribution < 1.29 is 9.90 Å². The van der Waals surface area contributed by atoms with Gasteiger partial charge < -0.3 is 5.11 Å². The van der Waals surface area contributed by atoms with Crippen molar-refractivity contribution in [3.63, 3.8) is 0 Å². The molecule has 1 heterocycles. The highest BCUT2D eigenvalue weighted by Crippen LogP contribution is 2.49. The molecule has 0 unspecified atom stereocenters. The van der Waals surface area contributed by atoms with E-state index in [0.717, 1.165) is 17.7 Å². The van der Waals surface area contributed by atoms with Crippen molar-refractivity contribution in [2.24, 2.45) is 5.41 Å². The second-order valence-corrected chi connectivity index (χ2v) is 5.04. The normalized spacial score (nSPS) is 18.5. The predicted molar refractivity (Wildman–Crippen MR) is 50.1 cm³/mol. The molecular weight excluding hydrogens is 210 g/mol. The molecule has 0 radical (unpaired) electrons. The van der Waals surface area contributed by atoms with Gasteiger partial charge in [0.1, 0.15) is 0 Å². The van der Waals surface area contributed by atoms with Gasteiger partial charge in [0, 0.05) is 11.1 Å². The number of hydrogen-bond acceptors (Lipinski definition) is 3. The smallest absolute Gasteiger partial charge is 0.310 e. The molecule has 1 aliphatic rings. The molecule has 1 aromatic heterocycles. The standard InChI is InChI=1S/C8H8ClNO2S/c9-7-10-4-5(13-7)3-8(1-2-8)6(11)12/h4H,1-3H2,(H,11,12). The van der Waals surface area contributed by atoms with E-state index in [9.17, 15) is 4.79 Å². The minimum absolute atomic E-state index is 0.483. The molecule has 1 aromatic rings. The van der Waals surface area contributed by atoms with Gasteiger partial charge in [-0.1, -0.05) is 11.6 Å². The van der Waals surface area contributed by atoms with Crippen LogP contribution in [0.4, 0.5) is 0 Å². The average Bonchev–Trinajstić information content (AvgIpc) is 2.72. The molecule has 0 atom stereocenters. The first-order chi connectivity index (χ1) is 6.12. The van der Waals surface area contributed by atoms with Crippen molar-refractivity contribution in [2.75, 3.05) is 0 Å². The van der Waals surface area contributed by atoms with E-state index in [1.165, 1.54) is 11.3 Å². The fourth-order valence-corrected chi connectivity index (χ4v) is 2.44. The van der Waals surface area contributed by atoms with E-state index >= 15 is 0 Å². The molecule has 70 valence electrons. The van der Waals surface area contributed by atoms with Gasteiger partial charge in [-0.15, -0.1) is 11.3 Å². The van der Waals surface area contributed by atoms with Crippen LogP contribution in [0.25, 0.3) is 0 Å². The molecule has 3 nitrogen and oxygen atoms in total. The molecule has 2 rings (SSSR count). The van der Waals surface area contributed by atoms with Crippen molar-refractivity contribution in [2.45, 2.75) is 19.3 Å². The van der Waals surface area contributed by atoms with Crippen LogP contribution in [0.3, 0.4) is 0 Å². The van der Waals surface area contributed by atoms with Gasteiger partial charge in [-0.25, -0.2) is 4.98 Å². The quantitative estimate of drug-likeness (QED) is 0.845. The number of aromatic nitrogens is 1. The van der Waals surface area contributed by atoms with Gasteiger partial charge in [0.15, 0.2) is 4.47 Å². The molecule has 0 spiro atoms. The van der Waals surface area contributed by atoms with Crippen molar-refractivity contribution in [1.29, 1.82) is 0 Å². The summed E-state index contributed by atoms with van der Waals surface area (Å²) in [5.41, 5.74) is -0.504. The van der Waals surface area contributed by atoms with E-state index in [0.29, 0.717) is 10.9 Å². The van der Waals surface area contributed by atoms with Crippen LogP contribution in [-0.4, -0.2) is 16.1 Å². The zero-order valence-electron chi connectivity index (χ0n) is 6.79. The van der Waals surface area contributed by atoms with Crippen LogP contribution in [0.1, 0.15) is 17.7 Å². The number of halogens is 1. The Morgan fingerprint density at radius 1 is 1.77 bits per heavy atom. The van der Waals surface area contributed by atoms with E-state index in [1.807, 2.05) is 0 Å². The lowest BCUT2D eigenvalue weighted by Crippen LogP contribution is -2.16. The number of thiazole rings is 1. The summed E-state index contributed by atoms with van der Waals surface area (Å²) in [5.74, 6) is -0.697. The van der Waals surface area contributed by atoms with Crippen LogP contribution >= 0.6 is 22.9 Å². The predicted octanol–water partition coefficient (Wildman–Crippen LogP) is 2.20. The number of carboxylic acids is 1. The number of rotatable bonds is 3. The summed E-state index contributed by atoms with van der Waals surface area (Å²) < 4.78 is 0.483. The zero-order chi connectivity index (χ0) is 9.47. The van der Waals surface area contributed by atoms with E-state index in [2.05, 4.69) is 4.98 Å². The first-order valence-corrected chi connectivity index (χ1v) is 5.15. The van der Waals surface area contributed by atoms with Gasteiger partial charge in [-0.2, -0.15) is 0 Å². The second kappa shape index (κ2) is 2.96. The molecule has 1 saturated carbocycles. The lowest BCUT2D eigenvalue weighted by molar-refractivity contribution is -0.143. The summed E-state index contributed by atoms with van der Waals surface area (Å²) in [6.45, 7) is 0. The Labute approximate surface area is 84.4 Å². The third kappa shape index (κ3) is 1.69. The van der Waals surface area contributed by atoms with Gasteiger partial charge in [-0.05, 0) is 19.3 Å². The lowest BCUT2D eigenvalue weighted by Gasteiger charge is -2.05. The van der Waals surface area contributed by atoms with E-state index in [-0.39, 0.29) is 0 Å². The molecule has 0 aliphatic heterocycles. The Kier molecular flexibility index (Phi) is 2.04. The van der Waals surface area contributed by atoms with Crippen LogP contribution in [-0.2, 0) is 11.2 Å². The van der Waals surface area contributed by atoms with Gasteiger partial charge >= 0.3 is 5.97 Å². The summed E-state index contributed by atoms with van der Waals surface area (Å²) >= 11 is 7.01. The average molecular weight is 218 g/mol. The number of nitrogens with zero attached hydrogens (tertiary/aromatic N) is 1. The van der Waals surface area contributed by atoms with Crippen molar-refractivity contribution in [3.8, 4) is 0 Å². The zero-order valence-corrected chi connectivity index (χ0v) is 8.36. The molecule has 13 heavy (non-hydrogen) atoms. The molecule has 1 aliphatic carbocycles. The molecule has 0 saturated heterocycles. The summed E-state index contributed by atoms with van der Waals surface area (Å²) in [6.07, 6.45) is 3.79. The highest BCUT2D eigenvalue weighted by Gasteiger charge is 2.50. The Morgan fingerprint density at radius 2 is 2.46 bits per heavy atom. The van der Waals surface area contributed by atoms with Gasteiger partial charge in [0.05, 0.1) is 5.41 Å². The van der Waals surface area contributed by atoms with Crippen molar-refractivity contribution in [3.05, 3.63) is 15.5 Å². The maximum Gasteiger partial charge on any atom is 0.310 e. The second-order valence-electron chi connectivity index (χ2n) is 3.34. The van der Waals surface area contributed by atoms with E-state index in [4.69, 9.17) is 16.7 Å². The Balaban J connectivity index is 2.10. The highest BCUT2D eigenvalue weighted by molar-refractivity contribution is 7.15. The van der Waals surface area contributed by atoms with Crippen LogP contribution in [0, 0.1) is 5.41 Å². The van der Waals surface area contributed by atoms with Crippen LogP contribution < -0.4 is 0 Å². The molecule has 1 N–H and O–H groups in total. The van der Waals surface area contributed by atoms with Crippen molar-refractivity contribution >= 4 is 28.9 Å². The molecule has 0 aromatic carbocycles. The molecule has 0 amide bonds. The number of aliphatic carboxylic acids is 1. The molecule has 0 bridgehead atoms. The summed E-state index contributed by atoms with van der Waals surface area (Å²) in [7, 11) is 0. The largest absolute Gasteiger partial charge is 0.481 e. The number of carboxylic acid groups (broad SMARTS) is 1. The summed E-state index contributed by atoms with van der Waals surface area (Å²) in [4.78, 5) is 15.7. The number of hydrogen-bond donors (Lipinski definition) is 1. The van der Waals surface area contributed by atoms with Gasteiger partial charge in [-0.3, -0.25) is 4.79 Å². The maximum atomic E-state index is 10.8. The minimum Gasteiger partial charge on any atom is -0.481 e. The van der Waals surface area contributed by atoms with E-state index in [1.54, 1.807) is 6.20 Å². The van der Waals surface area contributed by atoms with Gasteiger partial charge in [0.2, 0.25) is 0 Å². The van der Waals surface area contributed by atoms with E-state index < -0.39 is 11.4 Å². The van der Waals surface area contributed by atoms with Crippen LogP contribution in [0.2, 0.25) is 4.47 Å². The van der Waals surface area contributed by atoms with Crippen molar-refractivity contribution in [1.82, 2.24) is 4.98 Å². The first-order valence-electron chi connectivity index (χ1n) is 3.96. The molecule has 5 heteroatoms. The highest BCUT2D eigenvalue weighted by atomic mass is 35.5. The van der Waals surface area contributed by atoms with Gasteiger partial charge in [0.25, 0.3) is 0 Å². The Morgan fingerprint density at radius 3 is 2.85 bits per heavy atom. The Hall–Kier alpha value is -0.610. The minimum atomic E-state index is -0.697. The monoisotopic (exact) mass is 217 g/mol. The van der Waals surface area contributed by atoms with Crippen LogP contribution in [0.5, 0.6) is 0 Å². The fraction of sp³-hybridized carbons (Fsp3) is 0.500. The maximum absolute atomic E-state index is 10.8. The fourth-order valence-electron chi connectivity index (χ4n) is 1.32. The third-order valence-corrected chi connectivity index (χ3v) is 3.46. The SMILES string of the molecule is O=C(O)C1(Cc2cnc(Cl)s2)CC1. The molecular formula is C8H8ClNO2S. The molecule has 1 fully saturated rings.